The average Bonchev–Trinajstić information content (AvgIpc) is 3.57. The van der Waals surface area contributed by atoms with Crippen molar-refractivity contribution in [1.82, 2.24) is 9.47 Å². The number of ether oxygens (including phenoxy) is 1. The number of amides is 1. The van der Waals surface area contributed by atoms with Crippen molar-refractivity contribution in [3.05, 3.63) is 107 Å². The van der Waals surface area contributed by atoms with Crippen LogP contribution in [0.3, 0.4) is 0 Å². The number of para-hydroxylation sites is 1. The first kappa shape index (κ1) is 29.1. The molecule has 0 fully saturated rings. The number of carbonyl (C=O) groups is 2. The van der Waals surface area contributed by atoms with Gasteiger partial charge in [0.25, 0.3) is 11.5 Å². The normalized spacial score (nSPS) is 14.9. The van der Waals surface area contributed by atoms with E-state index in [-0.39, 0.29) is 22.1 Å². The quantitative estimate of drug-likeness (QED) is 0.311. The Hall–Kier alpha value is -4.41. The van der Waals surface area contributed by atoms with Crippen molar-refractivity contribution >= 4 is 40.9 Å². The largest absolute Gasteiger partial charge is 0.496 e. The molecule has 9 nitrogen and oxygen atoms in total. The number of benzene rings is 2. The lowest BCUT2D eigenvalue weighted by Gasteiger charge is -2.29. The zero-order valence-corrected chi connectivity index (χ0v) is 25.0. The molecule has 0 unspecified atom stereocenters. The van der Waals surface area contributed by atoms with Gasteiger partial charge in [0.05, 0.1) is 33.5 Å². The molecule has 42 heavy (non-hydrogen) atoms. The van der Waals surface area contributed by atoms with Gasteiger partial charge in [-0.3, -0.25) is 14.2 Å². The van der Waals surface area contributed by atoms with Crippen molar-refractivity contribution in [2.45, 2.75) is 26.8 Å². The molecule has 11 heteroatoms. The number of carboxylic acids is 1. The molecule has 0 aliphatic carbocycles. The predicted octanol–water partition coefficient (Wildman–Crippen LogP) is 4.72. The second-order valence-electron chi connectivity index (χ2n) is 9.50. The maximum atomic E-state index is 14.0. The summed E-state index contributed by atoms with van der Waals surface area (Å²) in [7, 11) is 1.56. The van der Waals surface area contributed by atoms with Crippen LogP contribution in [0, 0.1) is 0 Å². The summed E-state index contributed by atoms with van der Waals surface area (Å²) in [5.41, 5.74) is 1.79. The van der Waals surface area contributed by atoms with Crippen molar-refractivity contribution in [3.63, 3.8) is 0 Å². The molecule has 1 aliphatic heterocycles. The molecule has 1 atom stereocenters. The fraction of sp³-hybridized carbons (Fsp3) is 0.226. The minimum atomic E-state index is -1.14. The van der Waals surface area contributed by atoms with Crippen LogP contribution in [-0.2, 0) is 4.79 Å². The van der Waals surface area contributed by atoms with E-state index in [0.29, 0.717) is 62.1 Å². The van der Waals surface area contributed by atoms with Crippen LogP contribution in [0.1, 0.15) is 48.5 Å². The molecule has 0 spiro atoms. The van der Waals surface area contributed by atoms with Crippen LogP contribution in [0.15, 0.2) is 80.1 Å². The molecule has 2 aromatic carbocycles. The Morgan fingerprint density at radius 1 is 1.17 bits per heavy atom. The van der Waals surface area contributed by atoms with Gasteiger partial charge in [0, 0.05) is 30.3 Å². The molecule has 0 radical (unpaired) electrons. The number of carbonyl (C=O) groups excluding carboxylic acids is 1. The molecule has 1 amide bonds. The van der Waals surface area contributed by atoms with E-state index in [9.17, 15) is 19.5 Å². The van der Waals surface area contributed by atoms with Crippen LogP contribution in [0.5, 0.6) is 5.75 Å². The second kappa shape index (κ2) is 11.8. The molecule has 1 N–H and O–H groups in total. The lowest BCUT2D eigenvalue weighted by atomic mass is 9.94. The summed E-state index contributed by atoms with van der Waals surface area (Å²) in [5, 5.41) is 9.54. The molecule has 216 valence electrons. The number of aromatic nitrogens is 1. The number of carboxylic acid groups (broad SMARTS) is 1. The summed E-state index contributed by atoms with van der Waals surface area (Å²) in [6.07, 6.45) is 1.62. The molecule has 0 saturated heterocycles. The number of thiazole rings is 1. The highest BCUT2D eigenvalue weighted by molar-refractivity contribution is 7.07. The Morgan fingerprint density at radius 2 is 1.90 bits per heavy atom. The van der Waals surface area contributed by atoms with E-state index in [1.807, 2.05) is 32.0 Å². The number of hydrogen-bond donors (Lipinski definition) is 1. The van der Waals surface area contributed by atoms with Gasteiger partial charge in [-0.2, -0.15) is 0 Å². The van der Waals surface area contributed by atoms with E-state index in [2.05, 4.69) is 0 Å². The lowest BCUT2D eigenvalue weighted by molar-refractivity contribution is -0.127. The van der Waals surface area contributed by atoms with Crippen molar-refractivity contribution in [2.75, 3.05) is 20.2 Å². The van der Waals surface area contributed by atoms with Gasteiger partial charge in [0.2, 0.25) is 0 Å². The molecular weight excluding hydrogens is 578 g/mol. The van der Waals surface area contributed by atoms with Crippen LogP contribution < -0.4 is 19.6 Å². The fourth-order valence-corrected chi connectivity index (χ4v) is 6.25. The summed E-state index contributed by atoms with van der Waals surface area (Å²) in [6, 6.07) is 14.6. The van der Waals surface area contributed by atoms with E-state index in [0.717, 1.165) is 0 Å². The summed E-state index contributed by atoms with van der Waals surface area (Å²) >= 11 is 7.20. The molecule has 0 bridgehead atoms. The minimum Gasteiger partial charge on any atom is -0.496 e. The topological polar surface area (TPSA) is 114 Å². The van der Waals surface area contributed by atoms with E-state index in [1.54, 1.807) is 53.8 Å². The Morgan fingerprint density at radius 3 is 2.60 bits per heavy atom. The monoisotopic (exact) mass is 605 g/mol. The molecule has 2 aromatic heterocycles. The number of aromatic carboxylic acids is 1. The third kappa shape index (κ3) is 5.19. The number of hydrogen-bond acceptors (Lipinski definition) is 7. The highest BCUT2D eigenvalue weighted by Crippen LogP contribution is 2.36. The number of fused-ring (bicyclic) bond motifs is 1. The summed E-state index contributed by atoms with van der Waals surface area (Å²) in [6.45, 7) is 6.63. The minimum absolute atomic E-state index is 0.0396. The number of allylic oxidation sites excluding steroid dienone is 1. The number of likely N-dealkylation sites (N-methyl/N-ethyl adjacent to an activating group) is 1. The van der Waals surface area contributed by atoms with Gasteiger partial charge in [-0.1, -0.05) is 41.1 Å². The number of nitrogens with zero attached hydrogens (tertiary/aromatic N) is 3. The van der Waals surface area contributed by atoms with Crippen molar-refractivity contribution in [3.8, 4) is 17.1 Å². The Bertz CT molecular complexity index is 1910. The van der Waals surface area contributed by atoms with Gasteiger partial charge in [-0.15, -0.1) is 0 Å². The van der Waals surface area contributed by atoms with Crippen LogP contribution in [0.25, 0.3) is 17.4 Å². The summed E-state index contributed by atoms with van der Waals surface area (Å²) < 4.78 is 13.5. The summed E-state index contributed by atoms with van der Waals surface area (Å²) in [4.78, 5) is 46.1. The maximum Gasteiger partial charge on any atom is 0.337 e. The highest BCUT2D eigenvalue weighted by atomic mass is 35.5. The standard InChI is InChI=1S/C31H28ClN3O6S/c1-5-34(6-2)29(37)26-17(3)33-31-35(27(26)20-9-7-8-10-24(20)40-4)28(36)25(42-31)16-19-12-14-23(41-19)18-11-13-22(32)21(15-18)30(38)39/h7-16,27H,5-6H2,1-4H3,(H,38,39)/b25-16+/t27-/m0/s1. The van der Waals surface area contributed by atoms with Gasteiger partial charge in [0.15, 0.2) is 4.80 Å². The van der Waals surface area contributed by atoms with Gasteiger partial charge >= 0.3 is 5.97 Å². The summed E-state index contributed by atoms with van der Waals surface area (Å²) in [5.74, 6) is 0.0319. The maximum absolute atomic E-state index is 14.0. The third-order valence-electron chi connectivity index (χ3n) is 7.12. The molecule has 1 aliphatic rings. The smallest absolute Gasteiger partial charge is 0.337 e. The van der Waals surface area contributed by atoms with E-state index < -0.39 is 12.0 Å². The number of furan rings is 1. The van der Waals surface area contributed by atoms with E-state index >= 15 is 0 Å². The van der Waals surface area contributed by atoms with Crippen LogP contribution in [0.2, 0.25) is 5.02 Å². The van der Waals surface area contributed by atoms with E-state index in [4.69, 9.17) is 25.7 Å². The number of methoxy groups -OCH3 is 1. The third-order valence-corrected chi connectivity index (χ3v) is 8.43. The van der Waals surface area contributed by atoms with Gasteiger partial charge in [-0.25, -0.2) is 9.79 Å². The second-order valence-corrected chi connectivity index (χ2v) is 10.9. The SMILES string of the molecule is CCN(CC)C(=O)C1=C(C)N=c2s/c(=C/c3ccc(-c4ccc(Cl)c(C(=O)O)c4)o3)c(=O)n2[C@H]1c1ccccc1OC. The Balaban J connectivity index is 1.65. The molecule has 5 rings (SSSR count). The van der Waals surface area contributed by atoms with Gasteiger partial charge < -0.3 is 19.2 Å². The van der Waals surface area contributed by atoms with Gasteiger partial charge in [-0.05, 0) is 57.2 Å². The first-order valence-electron chi connectivity index (χ1n) is 13.3. The molecular formula is C31H28ClN3O6S. The van der Waals surface area contributed by atoms with E-state index in [1.165, 1.54) is 23.5 Å². The zero-order chi connectivity index (χ0) is 30.1. The molecule has 3 heterocycles. The first-order chi connectivity index (χ1) is 20.2. The zero-order valence-electron chi connectivity index (χ0n) is 23.4. The predicted molar refractivity (Wildman–Crippen MR) is 161 cm³/mol. The Labute approximate surface area is 250 Å². The van der Waals surface area contributed by atoms with Crippen LogP contribution in [-0.4, -0.2) is 46.6 Å². The number of halogens is 1. The average molecular weight is 606 g/mol. The number of rotatable bonds is 8. The van der Waals surface area contributed by atoms with Crippen molar-refractivity contribution in [1.29, 1.82) is 0 Å². The first-order valence-corrected chi connectivity index (χ1v) is 14.5. The van der Waals surface area contributed by atoms with Crippen LogP contribution >= 0.6 is 22.9 Å². The van der Waals surface area contributed by atoms with Crippen molar-refractivity contribution < 1.29 is 23.8 Å². The Kier molecular flexibility index (Phi) is 8.20. The molecule has 0 saturated carbocycles. The van der Waals surface area contributed by atoms with Crippen LogP contribution in [0.4, 0.5) is 0 Å². The highest BCUT2D eigenvalue weighted by Gasteiger charge is 2.35. The lowest BCUT2D eigenvalue weighted by Crippen LogP contribution is -2.43. The van der Waals surface area contributed by atoms with Gasteiger partial charge in [0.1, 0.15) is 23.3 Å². The molecule has 4 aromatic rings. The fourth-order valence-electron chi connectivity index (χ4n) is 5.02. The van der Waals surface area contributed by atoms with Crippen molar-refractivity contribution in [2.24, 2.45) is 4.99 Å².